The van der Waals surface area contributed by atoms with Crippen LogP contribution in [0.15, 0.2) is 122 Å². The Kier molecular flexibility index (Phi) is 4.39. The van der Waals surface area contributed by atoms with Crippen molar-refractivity contribution in [2.24, 2.45) is 0 Å². The fourth-order valence-corrected chi connectivity index (χ4v) is 8.49. The minimum atomic E-state index is 0.168. The maximum atomic E-state index is 4.16. The lowest BCUT2D eigenvalue weighted by atomic mass is 9.66. The molecule has 0 spiro atoms. The van der Waals surface area contributed by atoms with Crippen LogP contribution in [0.25, 0.3) is 33.7 Å². The van der Waals surface area contributed by atoms with E-state index in [9.17, 15) is 0 Å². The molecule has 9 rings (SSSR count). The molecule has 4 bridgehead atoms. The van der Waals surface area contributed by atoms with E-state index in [4.69, 9.17) is 0 Å². The first-order valence-corrected chi connectivity index (χ1v) is 14.3. The summed E-state index contributed by atoms with van der Waals surface area (Å²) in [5.74, 6) is 0.715. The van der Waals surface area contributed by atoms with E-state index >= 15 is 0 Å². The van der Waals surface area contributed by atoms with Crippen molar-refractivity contribution < 1.29 is 0 Å². The van der Waals surface area contributed by atoms with Crippen molar-refractivity contribution in [3.63, 3.8) is 0 Å². The summed E-state index contributed by atoms with van der Waals surface area (Å²) in [5.41, 5.74) is 14.0. The molecule has 6 aromatic rings. The summed E-state index contributed by atoms with van der Waals surface area (Å²) < 4.78 is 0. The fraction of sp³-hybridized carbons (Fsp3) is 0.100. The molecular weight excluding hydrogens is 480 g/mol. The molecule has 4 atom stereocenters. The van der Waals surface area contributed by atoms with Gasteiger partial charge in [0, 0.05) is 23.7 Å². The Morgan fingerprint density at radius 3 is 1.07 bits per heavy atom. The molecule has 0 nitrogen and oxygen atoms in total. The zero-order valence-electron chi connectivity index (χ0n) is 22.3. The Hall–Kier alpha value is -4.68. The predicted octanol–water partition coefficient (Wildman–Crippen LogP) is 10.1. The smallest absolute Gasteiger partial charge is 0.0208 e. The molecule has 0 aromatic heterocycles. The lowest BCUT2D eigenvalue weighted by molar-refractivity contribution is 0.636. The van der Waals surface area contributed by atoms with Crippen molar-refractivity contribution in [2.45, 2.75) is 23.7 Å². The van der Waals surface area contributed by atoms with Crippen molar-refractivity contribution in [1.82, 2.24) is 0 Å². The van der Waals surface area contributed by atoms with Crippen LogP contribution in [0.4, 0.5) is 0 Å². The molecule has 0 heterocycles. The standard InChI is InChI=1S/C40H28/c1-3-23-17-19-27-33(21-23)39-31-15-7-11-25-9-5-13-29(35(25)31)37(27)38-28-20-18-24(4-2)22-34(28)40(39)32-16-8-12-26-10-6-14-30(38)36(26)32/h3-22,37-40H,1-2H2/t37-,38+,39+,40-. The third kappa shape index (κ3) is 2.71. The molecule has 0 saturated heterocycles. The molecule has 0 heteroatoms. The van der Waals surface area contributed by atoms with Gasteiger partial charge < -0.3 is 0 Å². The molecule has 0 saturated carbocycles. The van der Waals surface area contributed by atoms with Gasteiger partial charge >= 0.3 is 0 Å². The highest BCUT2D eigenvalue weighted by atomic mass is 14.5. The second-order valence-corrected chi connectivity index (χ2v) is 11.7. The zero-order valence-corrected chi connectivity index (χ0v) is 22.3. The maximum absolute atomic E-state index is 4.16. The van der Waals surface area contributed by atoms with Crippen molar-refractivity contribution >= 4 is 33.7 Å². The third-order valence-electron chi connectivity index (χ3n) is 9.98. The Morgan fingerprint density at radius 2 is 0.725 bits per heavy atom. The Balaban J connectivity index is 1.58. The Labute approximate surface area is 234 Å². The van der Waals surface area contributed by atoms with Crippen LogP contribution in [-0.4, -0.2) is 0 Å². The summed E-state index contributed by atoms with van der Waals surface area (Å²) in [4.78, 5) is 0. The van der Waals surface area contributed by atoms with Crippen molar-refractivity contribution in [3.8, 4) is 0 Å². The largest absolute Gasteiger partial charge is 0.0985 e. The Morgan fingerprint density at radius 1 is 0.375 bits per heavy atom. The molecule has 188 valence electrons. The molecular formula is C40H28. The van der Waals surface area contributed by atoms with E-state index in [-0.39, 0.29) is 23.7 Å². The van der Waals surface area contributed by atoms with Gasteiger partial charge in [0.15, 0.2) is 0 Å². The first kappa shape index (κ1) is 22.2. The van der Waals surface area contributed by atoms with Crippen LogP contribution < -0.4 is 0 Å². The van der Waals surface area contributed by atoms with E-state index in [2.05, 4.69) is 122 Å². The molecule has 3 aliphatic carbocycles. The number of hydrogen-bond donors (Lipinski definition) is 0. The second-order valence-electron chi connectivity index (χ2n) is 11.7. The summed E-state index contributed by atoms with van der Waals surface area (Å²) >= 11 is 0. The van der Waals surface area contributed by atoms with Gasteiger partial charge in [-0.2, -0.15) is 0 Å². The van der Waals surface area contributed by atoms with Gasteiger partial charge in [0.05, 0.1) is 0 Å². The maximum Gasteiger partial charge on any atom is 0.0208 e. The monoisotopic (exact) mass is 508 g/mol. The van der Waals surface area contributed by atoms with E-state index in [1.54, 1.807) is 0 Å². The van der Waals surface area contributed by atoms with Gasteiger partial charge in [0.2, 0.25) is 0 Å². The first-order valence-electron chi connectivity index (χ1n) is 14.3. The van der Waals surface area contributed by atoms with E-state index in [1.165, 1.54) is 77.2 Å². The lowest BCUT2D eigenvalue weighted by Crippen LogP contribution is -2.22. The summed E-state index contributed by atoms with van der Waals surface area (Å²) in [6.45, 7) is 8.33. The first-order chi connectivity index (χ1) is 19.8. The van der Waals surface area contributed by atoms with Gasteiger partial charge in [-0.25, -0.2) is 0 Å². The molecule has 0 amide bonds. The van der Waals surface area contributed by atoms with Crippen LogP contribution in [0, 0.1) is 0 Å². The van der Waals surface area contributed by atoms with E-state index in [1.807, 2.05) is 12.2 Å². The minimum absolute atomic E-state index is 0.168. The van der Waals surface area contributed by atoms with E-state index in [0.29, 0.717) is 0 Å². The quantitative estimate of drug-likeness (QED) is 0.218. The molecule has 0 unspecified atom stereocenters. The molecule has 0 N–H and O–H groups in total. The average Bonchev–Trinajstić information content (AvgIpc) is 3.15. The predicted molar refractivity (Wildman–Crippen MR) is 168 cm³/mol. The molecule has 6 aromatic carbocycles. The Bertz CT molecular complexity index is 1910. The fourth-order valence-electron chi connectivity index (χ4n) is 8.49. The van der Waals surface area contributed by atoms with Crippen LogP contribution in [0.2, 0.25) is 0 Å². The average molecular weight is 509 g/mol. The number of fused-ring (bicyclic) bond motifs is 6. The van der Waals surface area contributed by atoms with Gasteiger partial charge in [0.1, 0.15) is 0 Å². The highest BCUT2D eigenvalue weighted by molar-refractivity contribution is 5.96. The molecule has 0 aliphatic heterocycles. The second kappa shape index (κ2) is 7.93. The number of hydrogen-bond acceptors (Lipinski definition) is 0. The van der Waals surface area contributed by atoms with Crippen LogP contribution in [0.5, 0.6) is 0 Å². The van der Waals surface area contributed by atoms with Gasteiger partial charge in [-0.05, 0) is 77.2 Å². The van der Waals surface area contributed by atoms with Gasteiger partial charge in [-0.15, -0.1) is 0 Å². The van der Waals surface area contributed by atoms with Crippen molar-refractivity contribution in [1.29, 1.82) is 0 Å². The highest BCUT2D eigenvalue weighted by Gasteiger charge is 2.46. The number of rotatable bonds is 2. The lowest BCUT2D eigenvalue weighted by Gasteiger charge is -2.36. The highest BCUT2D eigenvalue weighted by Crippen LogP contribution is 2.62. The van der Waals surface area contributed by atoms with Crippen LogP contribution in [-0.2, 0) is 0 Å². The summed E-state index contributed by atoms with van der Waals surface area (Å²) in [6.07, 6.45) is 4.00. The molecule has 0 fully saturated rings. The molecule has 40 heavy (non-hydrogen) atoms. The van der Waals surface area contributed by atoms with Gasteiger partial charge in [0.25, 0.3) is 0 Å². The molecule has 3 aliphatic rings. The van der Waals surface area contributed by atoms with Gasteiger partial charge in [-0.3, -0.25) is 0 Å². The topological polar surface area (TPSA) is 0 Å². The summed E-state index contributed by atoms with van der Waals surface area (Å²) in [7, 11) is 0. The normalized spacial score (nSPS) is 21.2. The zero-order chi connectivity index (χ0) is 26.5. The van der Waals surface area contributed by atoms with Gasteiger partial charge in [-0.1, -0.05) is 135 Å². The van der Waals surface area contributed by atoms with E-state index < -0.39 is 0 Å². The molecule has 0 radical (unpaired) electrons. The minimum Gasteiger partial charge on any atom is -0.0985 e. The number of benzene rings is 6. The van der Waals surface area contributed by atoms with Crippen LogP contribution >= 0.6 is 0 Å². The van der Waals surface area contributed by atoms with Crippen molar-refractivity contribution in [3.05, 3.63) is 178 Å². The third-order valence-corrected chi connectivity index (χ3v) is 9.98. The SMILES string of the molecule is C=Cc1ccc2c(c1)[C@@H]1c3cccc4cccc(c34)[C@@H]2[C@H]2c3ccc(C=C)cc3[C@H]1c1cccc3cccc2c13. The van der Waals surface area contributed by atoms with Crippen LogP contribution in [0.1, 0.15) is 79.3 Å². The van der Waals surface area contributed by atoms with Crippen LogP contribution in [0.3, 0.4) is 0 Å². The summed E-state index contributed by atoms with van der Waals surface area (Å²) in [6, 6.07) is 42.1. The van der Waals surface area contributed by atoms with Crippen molar-refractivity contribution in [2.75, 3.05) is 0 Å². The summed E-state index contributed by atoms with van der Waals surface area (Å²) in [5, 5.41) is 5.55. The van der Waals surface area contributed by atoms with E-state index in [0.717, 1.165) is 0 Å².